The number of pyridine rings is 1. The normalized spacial score (nSPS) is 11.6. The van der Waals surface area contributed by atoms with E-state index in [0.29, 0.717) is 40.4 Å². The van der Waals surface area contributed by atoms with Gasteiger partial charge in [0.1, 0.15) is 15.9 Å². The summed E-state index contributed by atoms with van der Waals surface area (Å²) in [7, 11) is -4.26. The van der Waals surface area contributed by atoms with Gasteiger partial charge in [0, 0.05) is 39.6 Å². The number of carbonyl (C=O) groups is 2. The molecule has 3 heterocycles. The topological polar surface area (TPSA) is 143 Å². The van der Waals surface area contributed by atoms with Gasteiger partial charge in [-0.1, -0.05) is 37.6 Å². The number of urea groups is 1. The summed E-state index contributed by atoms with van der Waals surface area (Å²) in [5.41, 5.74) is 1.67. The summed E-state index contributed by atoms with van der Waals surface area (Å²) in [4.78, 5) is 30.4. The fourth-order valence-electron chi connectivity index (χ4n) is 3.85. The van der Waals surface area contributed by atoms with Crippen molar-refractivity contribution < 1.29 is 40.7 Å². The fraction of sp³-hybridized carbons (Fsp3) is 0.286. The molecule has 0 unspecified atom stereocenters. The molecular weight excluding hydrogens is 662 g/mol. The van der Waals surface area contributed by atoms with Gasteiger partial charge in [-0.15, -0.1) is 11.3 Å². The van der Waals surface area contributed by atoms with Crippen LogP contribution in [0.15, 0.2) is 59.2 Å². The number of nitrogens with zero attached hydrogens (tertiary/aromatic N) is 3. The van der Waals surface area contributed by atoms with E-state index < -0.39 is 34.0 Å². The van der Waals surface area contributed by atoms with Crippen LogP contribution in [-0.2, 0) is 34.3 Å². The second-order valence-corrected chi connectivity index (χ2v) is 13.4. The zero-order chi connectivity index (χ0) is 33.5. The molecular formula is C28H28ClF4N5O5S2. The van der Waals surface area contributed by atoms with Crippen LogP contribution in [0, 0.1) is 18.7 Å². The molecule has 0 saturated heterocycles. The highest BCUT2D eigenvalue weighted by Gasteiger charge is 2.38. The number of carboxylic acid groups (broad SMARTS) is 1. The second kappa shape index (κ2) is 14.8. The van der Waals surface area contributed by atoms with Gasteiger partial charge in [0.15, 0.2) is 0 Å². The SMILES string of the molecule is Cc1nccn1Cc1ccc(-c2cc(CC(C)C)sc2S(=O)(=O)NC(=O)NCc2cc(Cl)ccn2)cc1F.O=C(O)C(F)(F)F. The van der Waals surface area contributed by atoms with Gasteiger partial charge in [0.05, 0.1) is 18.8 Å². The first-order chi connectivity index (χ1) is 21.0. The molecule has 0 aliphatic rings. The summed E-state index contributed by atoms with van der Waals surface area (Å²) in [5, 5.41) is 10.1. The number of hydrogen-bond acceptors (Lipinski definition) is 7. The van der Waals surface area contributed by atoms with Crippen LogP contribution in [0.2, 0.25) is 5.02 Å². The zero-order valence-electron chi connectivity index (χ0n) is 24.0. The standard InChI is InChI=1S/C26H27ClFN5O3S2.C2HF3O2/c1-16(2)10-22-13-23(18-4-5-19(24(28)11-18)15-33-9-8-29-17(33)3)25(37-22)38(35,36)32-26(34)31-14-21-12-20(27)6-7-30-21;3-2(4,5)1(6)7/h4-9,11-13,16H,10,14-15H2,1-3H3,(H2,31,32,34);(H,6,7). The molecule has 2 amide bonds. The van der Waals surface area contributed by atoms with Gasteiger partial charge in [-0.3, -0.25) is 4.98 Å². The Balaban J connectivity index is 0.000000707. The second-order valence-electron chi connectivity index (χ2n) is 9.98. The Kier molecular flexibility index (Phi) is 11.7. The van der Waals surface area contributed by atoms with E-state index in [1.165, 1.54) is 12.3 Å². The molecule has 4 rings (SSSR count). The maximum Gasteiger partial charge on any atom is 0.490 e. The lowest BCUT2D eigenvalue weighted by atomic mass is 10.0. The molecule has 17 heteroatoms. The van der Waals surface area contributed by atoms with E-state index >= 15 is 4.39 Å². The highest BCUT2D eigenvalue weighted by molar-refractivity contribution is 7.92. The number of nitrogens with one attached hydrogen (secondary N) is 2. The molecule has 4 aromatic rings. The number of alkyl halides is 3. The minimum atomic E-state index is -5.08. The smallest absolute Gasteiger partial charge is 0.475 e. The van der Waals surface area contributed by atoms with E-state index in [4.69, 9.17) is 21.5 Å². The molecule has 45 heavy (non-hydrogen) atoms. The first-order valence-corrected chi connectivity index (χ1v) is 15.7. The molecule has 0 saturated carbocycles. The number of aryl methyl sites for hydroxylation is 1. The van der Waals surface area contributed by atoms with Gasteiger partial charge in [-0.2, -0.15) is 13.2 Å². The monoisotopic (exact) mass is 689 g/mol. The molecule has 0 fully saturated rings. The number of carboxylic acids is 1. The van der Waals surface area contributed by atoms with Crippen molar-refractivity contribution in [2.45, 2.75) is 50.7 Å². The quantitative estimate of drug-likeness (QED) is 0.178. The maximum atomic E-state index is 15.1. The molecule has 0 spiro atoms. The Morgan fingerprint density at radius 1 is 1.11 bits per heavy atom. The first kappa shape index (κ1) is 35.5. The van der Waals surface area contributed by atoms with E-state index in [2.05, 4.69) is 20.0 Å². The lowest BCUT2D eigenvalue weighted by Gasteiger charge is -2.11. The van der Waals surface area contributed by atoms with Crippen molar-refractivity contribution in [2.24, 2.45) is 5.92 Å². The van der Waals surface area contributed by atoms with E-state index in [1.807, 2.05) is 25.3 Å². The summed E-state index contributed by atoms with van der Waals surface area (Å²) >= 11 is 7.00. The van der Waals surface area contributed by atoms with E-state index in [1.54, 1.807) is 42.7 Å². The van der Waals surface area contributed by atoms with Crippen LogP contribution in [0.3, 0.4) is 0 Å². The molecule has 3 N–H and O–H groups in total. The first-order valence-electron chi connectivity index (χ1n) is 13.1. The highest BCUT2D eigenvalue weighted by atomic mass is 35.5. The van der Waals surface area contributed by atoms with Gasteiger partial charge in [0.25, 0.3) is 10.0 Å². The zero-order valence-corrected chi connectivity index (χ0v) is 26.4. The van der Waals surface area contributed by atoms with Crippen molar-refractivity contribution in [3.8, 4) is 11.1 Å². The van der Waals surface area contributed by atoms with Crippen LogP contribution in [-0.4, -0.2) is 46.2 Å². The lowest BCUT2D eigenvalue weighted by Crippen LogP contribution is -2.39. The molecule has 0 atom stereocenters. The molecule has 3 aromatic heterocycles. The number of aliphatic carboxylic acids is 1. The van der Waals surface area contributed by atoms with Crippen molar-refractivity contribution >= 4 is 45.0 Å². The number of carbonyl (C=O) groups excluding carboxylic acids is 1. The molecule has 0 aliphatic heterocycles. The van der Waals surface area contributed by atoms with E-state index in [9.17, 15) is 26.4 Å². The molecule has 0 bridgehead atoms. The fourth-order valence-corrected chi connectivity index (χ4v) is 6.91. The number of halogens is 5. The number of amides is 2. The minimum absolute atomic E-state index is 0.0130. The van der Waals surface area contributed by atoms with E-state index in [0.717, 1.165) is 22.0 Å². The van der Waals surface area contributed by atoms with Gasteiger partial charge in [-0.05, 0) is 49.1 Å². The lowest BCUT2D eigenvalue weighted by molar-refractivity contribution is -0.192. The number of sulfonamides is 1. The molecule has 242 valence electrons. The summed E-state index contributed by atoms with van der Waals surface area (Å²) in [6.07, 6.45) is 0.460. The van der Waals surface area contributed by atoms with Gasteiger partial charge in [0.2, 0.25) is 0 Å². The molecule has 1 aromatic carbocycles. The molecule has 0 radical (unpaired) electrons. The highest BCUT2D eigenvalue weighted by Crippen LogP contribution is 2.37. The van der Waals surface area contributed by atoms with Crippen molar-refractivity contribution in [3.63, 3.8) is 0 Å². The summed E-state index contributed by atoms with van der Waals surface area (Å²) < 4.78 is 77.3. The number of imidazole rings is 1. The van der Waals surface area contributed by atoms with Crippen LogP contribution >= 0.6 is 22.9 Å². The maximum absolute atomic E-state index is 15.1. The van der Waals surface area contributed by atoms with Gasteiger partial charge < -0.3 is 15.0 Å². The van der Waals surface area contributed by atoms with Crippen LogP contribution in [0.5, 0.6) is 0 Å². The van der Waals surface area contributed by atoms with Crippen LogP contribution in [0.4, 0.5) is 22.4 Å². The molecule has 0 aliphatic carbocycles. The largest absolute Gasteiger partial charge is 0.490 e. The Morgan fingerprint density at radius 2 is 1.80 bits per heavy atom. The van der Waals surface area contributed by atoms with Crippen LogP contribution in [0.25, 0.3) is 11.1 Å². The Hall–Kier alpha value is -4.02. The Bertz CT molecular complexity index is 1770. The minimum Gasteiger partial charge on any atom is -0.475 e. The van der Waals surface area contributed by atoms with Crippen molar-refractivity contribution in [2.75, 3.05) is 0 Å². The summed E-state index contributed by atoms with van der Waals surface area (Å²) in [5.74, 6) is -2.19. The average Bonchev–Trinajstić information content (AvgIpc) is 3.54. The average molecular weight is 690 g/mol. The van der Waals surface area contributed by atoms with Crippen LogP contribution in [0.1, 0.15) is 35.8 Å². The predicted octanol–water partition coefficient (Wildman–Crippen LogP) is 6.18. The number of rotatable bonds is 9. The van der Waals surface area contributed by atoms with E-state index in [-0.39, 0.29) is 16.7 Å². The third kappa shape index (κ3) is 10.3. The van der Waals surface area contributed by atoms with Gasteiger partial charge in [-0.25, -0.2) is 32.1 Å². The van der Waals surface area contributed by atoms with Crippen molar-refractivity contribution in [1.82, 2.24) is 24.6 Å². The Labute approximate surface area is 265 Å². The third-order valence-electron chi connectivity index (χ3n) is 5.91. The van der Waals surface area contributed by atoms with Crippen LogP contribution < -0.4 is 10.0 Å². The Morgan fingerprint density at radius 3 is 2.36 bits per heavy atom. The predicted molar refractivity (Wildman–Crippen MR) is 160 cm³/mol. The number of thiophene rings is 1. The summed E-state index contributed by atoms with van der Waals surface area (Å²) in [6, 6.07) is 8.66. The van der Waals surface area contributed by atoms with Crippen molar-refractivity contribution in [1.29, 1.82) is 0 Å². The number of aromatic nitrogens is 3. The van der Waals surface area contributed by atoms with Gasteiger partial charge >= 0.3 is 18.2 Å². The summed E-state index contributed by atoms with van der Waals surface area (Å²) in [6.45, 7) is 6.17. The molecule has 10 nitrogen and oxygen atoms in total. The van der Waals surface area contributed by atoms with Crippen molar-refractivity contribution in [3.05, 3.63) is 87.8 Å². The number of benzene rings is 1. The third-order valence-corrected chi connectivity index (χ3v) is 9.17. The number of hydrogen-bond donors (Lipinski definition) is 3.